The third-order valence-electron chi connectivity index (χ3n) is 2.99. The van der Waals surface area contributed by atoms with E-state index in [1.165, 1.54) is 13.8 Å². The van der Waals surface area contributed by atoms with Crippen LogP contribution in [0, 0.1) is 0 Å². The van der Waals surface area contributed by atoms with E-state index in [1.54, 1.807) is 12.1 Å². The first-order valence-electron chi connectivity index (χ1n) is 6.50. The Kier molecular flexibility index (Phi) is 4.28. The van der Waals surface area contributed by atoms with Crippen LogP contribution in [-0.4, -0.2) is 30.1 Å². The molecule has 6 heteroatoms. The van der Waals surface area contributed by atoms with Gasteiger partial charge in [-0.3, -0.25) is 9.59 Å². The highest BCUT2D eigenvalue weighted by molar-refractivity contribution is 5.80. The monoisotopic (exact) mass is 291 g/mol. The fourth-order valence-electron chi connectivity index (χ4n) is 1.82. The number of amides is 1. The van der Waals surface area contributed by atoms with Crippen LogP contribution in [0.25, 0.3) is 11.0 Å². The molecule has 0 saturated heterocycles. The molecule has 0 radical (unpaired) electrons. The quantitative estimate of drug-likeness (QED) is 0.811. The maximum Gasteiger partial charge on any atom is 0.303 e. The minimum absolute atomic E-state index is 0.0487. The van der Waals surface area contributed by atoms with E-state index >= 15 is 0 Å². The molecule has 0 aliphatic carbocycles. The van der Waals surface area contributed by atoms with Gasteiger partial charge in [-0.05, 0) is 19.1 Å². The SMILES string of the molecule is CC(=O)OCC(=O)NCC(C)(O)c1cc2ccccc2o1. The van der Waals surface area contributed by atoms with Gasteiger partial charge in [-0.2, -0.15) is 0 Å². The van der Waals surface area contributed by atoms with Crippen molar-refractivity contribution in [3.8, 4) is 0 Å². The number of hydrogen-bond acceptors (Lipinski definition) is 5. The summed E-state index contributed by atoms with van der Waals surface area (Å²) in [5, 5.41) is 13.8. The van der Waals surface area contributed by atoms with Gasteiger partial charge in [0.2, 0.25) is 0 Å². The predicted octanol–water partition coefficient (Wildman–Crippen LogP) is 1.32. The van der Waals surface area contributed by atoms with Crippen LogP contribution < -0.4 is 5.32 Å². The zero-order valence-electron chi connectivity index (χ0n) is 11.9. The van der Waals surface area contributed by atoms with Gasteiger partial charge in [-0.25, -0.2) is 0 Å². The molecule has 2 rings (SSSR count). The fraction of sp³-hybridized carbons (Fsp3) is 0.333. The molecule has 2 N–H and O–H groups in total. The van der Waals surface area contributed by atoms with Crippen LogP contribution in [0.4, 0.5) is 0 Å². The second-order valence-corrected chi connectivity index (χ2v) is 4.98. The van der Waals surface area contributed by atoms with E-state index < -0.39 is 17.5 Å². The van der Waals surface area contributed by atoms with Gasteiger partial charge in [-0.1, -0.05) is 18.2 Å². The minimum Gasteiger partial charge on any atom is -0.458 e. The number of para-hydroxylation sites is 1. The number of furan rings is 1. The standard InChI is InChI=1S/C15H17NO5/c1-10(17)20-8-14(18)16-9-15(2,19)13-7-11-5-3-4-6-12(11)21-13/h3-7,19H,8-9H2,1-2H3,(H,16,18). The summed E-state index contributed by atoms with van der Waals surface area (Å²) < 4.78 is 10.1. The highest BCUT2D eigenvalue weighted by Crippen LogP contribution is 2.27. The molecule has 0 fully saturated rings. The minimum atomic E-state index is -1.36. The predicted molar refractivity (Wildman–Crippen MR) is 75.4 cm³/mol. The van der Waals surface area contributed by atoms with Gasteiger partial charge in [0, 0.05) is 12.3 Å². The van der Waals surface area contributed by atoms with Crippen molar-refractivity contribution in [2.24, 2.45) is 0 Å². The average molecular weight is 291 g/mol. The number of esters is 1. The van der Waals surface area contributed by atoms with E-state index in [4.69, 9.17) is 4.42 Å². The van der Waals surface area contributed by atoms with Crippen molar-refractivity contribution in [1.29, 1.82) is 0 Å². The van der Waals surface area contributed by atoms with Crippen molar-refractivity contribution < 1.29 is 23.8 Å². The first-order chi connectivity index (χ1) is 9.88. The largest absolute Gasteiger partial charge is 0.458 e. The number of rotatable bonds is 5. The molecule has 1 aromatic heterocycles. The van der Waals surface area contributed by atoms with Crippen molar-refractivity contribution in [2.45, 2.75) is 19.4 Å². The summed E-state index contributed by atoms with van der Waals surface area (Å²) in [6.45, 7) is 2.34. The Labute approximate surface area is 121 Å². The molecule has 0 aliphatic heterocycles. The lowest BCUT2D eigenvalue weighted by atomic mass is 10.0. The van der Waals surface area contributed by atoms with Gasteiger partial charge in [0.1, 0.15) is 16.9 Å². The van der Waals surface area contributed by atoms with Crippen LogP contribution >= 0.6 is 0 Å². The third-order valence-corrected chi connectivity index (χ3v) is 2.99. The van der Waals surface area contributed by atoms with Crippen molar-refractivity contribution in [1.82, 2.24) is 5.32 Å². The van der Waals surface area contributed by atoms with Gasteiger partial charge in [0.05, 0.1) is 6.54 Å². The lowest BCUT2D eigenvalue weighted by molar-refractivity contribution is -0.146. The van der Waals surface area contributed by atoms with E-state index in [0.29, 0.717) is 11.3 Å². The maximum atomic E-state index is 11.5. The van der Waals surface area contributed by atoms with Crippen LogP contribution in [0.3, 0.4) is 0 Å². The summed E-state index contributed by atoms with van der Waals surface area (Å²) in [7, 11) is 0. The summed E-state index contributed by atoms with van der Waals surface area (Å²) in [6, 6.07) is 9.11. The molecule has 0 saturated carbocycles. The number of hydrogen-bond donors (Lipinski definition) is 2. The molecule has 6 nitrogen and oxygen atoms in total. The van der Waals surface area contributed by atoms with Gasteiger partial charge in [0.25, 0.3) is 5.91 Å². The highest BCUT2D eigenvalue weighted by Gasteiger charge is 2.28. The van der Waals surface area contributed by atoms with Gasteiger partial charge in [0.15, 0.2) is 6.61 Å². The van der Waals surface area contributed by atoms with Crippen molar-refractivity contribution in [2.75, 3.05) is 13.2 Å². The second-order valence-electron chi connectivity index (χ2n) is 4.98. The molecule has 0 aliphatic rings. The molecule has 0 bridgehead atoms. The van der Waals surface area contributed by atoms with E-state index in [-0.39, 0.29) is 13.2 Å². The molecule has 2 aromatic rings. The zero-order chi connectivity index (χ0) is 15.5. The van der Waals surface area contributed by atoms with Crippen LogP contribution in [-0.2, 0) is 19.9 Å². The lowest BCUT2D eigenvalue weighted by Gasteiger charge is -2.21. The Bertz CT molecular complexity index is 626. The van der Waals surface area contributed by atoms with Gasteiger partial charge >= 0.3 is 5.97 Å². The van der Waals surface area contributed by atoms with Crippen LogP contribution in [0.15, 0.2) is 34.7 Å². The molecule has 1 amide bonds. The first-order valence-corrected chi connectivity index (χ1v) is 6.50. The number of carbonyl (C=O) groups excluding carboxylic acids is 2. The Morgan fingerprint density at radius 1 is 1.38 bits per heavy atom. The summed E-state index contributed by atoms with van der Waals surface area (Å²) in [4.78, 5) is 22.1. The van der Waals surface area contributed by atoms with E-state index in [2.05, 4.69) is 10.1 Å². The lowest BCUT2D eigenvalue weighted by Crippen LogP contribution is -2.40. The molecular formula is C15H17NO5. The maximum absolute atomic E-state index is 11.5. The van der Waals surface area contributed by atoms with Crippen molar-refractivity contribution >= 4 is 22.8 Å². The highest BCUT2D eigenvalue weighted by atomic mass is 16.5. The number of nitrogens with one attached hydrogen (secondary N) is 1. The summed E-state index contributed by atoms with van der Waals surface area (Å²) in [5.41, 5.74) is -0.690. The Balaban J connectivity index is 2.00. The third kappa shape index (κ3) is 3.82. The Hall–Kier alpha value is -2.34. The molecule has 1 atom stereocenters. The van der Waals surface area contributed by atoms with Crippen molar-refractivity contribution in [3.05, 3.63) is 36.1 Å². The number of fused-ring (bicyclic) bond motifs is 1. The number of carbonyl (C=O) groups is 2. The number of aliphatic hydroxyl groups is 1. The van der Waals surface area contributed by atoms with Crippen LogP contribution in [0.2, 0.25) is 0 Å². The van der Waals surface area contributed by atoms with Gasteiger partial charge in [-0.15, -0.1) is 0 Å². The average Bonchev–Trinajstić information content (AvgIpc) is 2.87. The molecule has 0 spiro atoms. The summed E-state index contributed by atoms with van der Waals surface area (Å²) in [6.07, 6.45) is 0. The van der Waals surface area contributed by atoms with E-state index in [0.717, 1.165) is 5.39 Å². The van der Waals surface area contributed by atoms with Crippen LogP contribution in [0.5, 0.6) is 0 Å². The zero-order valence-corrected chi connectivity index (χ0v) is 11.9. The topological polar surface area (TPSA) is 88.8 Å². The molecule has 1 heterocycles. The number of ether oxygens (including phenoxy) is 1. The summed E-state index contributed by atoms with van der Waals surface area (Å²) in [5.74, 6) is -0.660. The molecule has 1 unspecified atom stereocenters. The second kappa shape index (κ2) is 5.97. The molecular weight excluding hydrogens is 274 g/mol. The van der Waals surface area contributed by atoms with E-state index in [1.807, 2.05) is 18.2 Å². The molecule has 21 heavy (non-hydrogen) atoms. The van der Waals surface area contributed by atoms with Crippen LogP contribution in [0.1, 0.15) is 19.6 Å². The first kappa shape index (κ1) is 15.1. The van der Waals surface area contributed by atoms with Crippen molar-refractivity contribution in [3.63, 3.8) is 0 Å². The number of benzene rings is 1. The van der Waals surface area contributed by atoms with Gasteiger partial charge < -0.3 is 19.6 Å². The normalized spacial score (nSPS) is 13.7. The molecule has 112 valence electrons. The Morgan fingerprint density at radius 2 is 2.10 bits per heavy atom. The smallest absolute Gasteiger partial charge is 0.303 e. The molecule has 1 aromatic carbocycles. The fourth-order valence-corrected chi connectivity index (χ4v) is 1.82. The summed E-state index contributed by atoms with van der Waals surface area (Å²) >= 11 is 0. The van der Waals surface area contributed by atoms with E-state index in [9.17, 15) is 14.7 Å². The Morgan fingerprint density at radius 3 is 2.76 bits per heavy atom.